The van der Waals surface area contributed by atoms with Gasteiger partial charge in [-0.3, -0.25) is 0 Å². The van der Waals surface area contributed by atoms with Crippen LogP contribution in [0.15, 0.2) is 36.4 Å². The van der Waals surface area contributed by atoms with Crippen molar-refractivity contribution in [2.45, 2.75) is 13.5 Å². The quantitative estimate of drug-likeness (QED) is 0.243. The second-order valence-electron chi connectivity index (χ2n) is 7.05. The summed E-state index contributed by atoms with van der Waals surface area (Å²) < 4.78 is 0. The lowest BCUT2D eigenvalue weighted by atomic mass is 10.0. The molecule has 3 aromatic carbocycles. The molecule has 0 aliphatic carbocycles. The molecule has 7 nitrogen and oxygen atoms in total. The van der Waals surface area contributed by atoms with Crippen LogP contribution in [-0.4, -0.2) is 35.7 Å². The maximum absolute atomic E-state index is 10.2. The molecule has 0 bridgehead atoms. The Morgan fingerprint density at radius 3 is 1.61 bits per heavy atom. The van der Waals surface area contributed by atoms with Gasteiger partial charge in [-0.1, -0.05) is 24.3 Å². The molecule has 0 aromatic heterocycles. The molecule has 0 saturated heterocycles. The molecule has 7 heteroatoms. The topological polar surface area (TPSA) is 142 Å². The molecule has 0 aliphatic rings. The zero-order chi connectivity index (χ0) is 22.7. The number of aliphatic hydroxyl groups excluding tert-OH is 1. The lowest BCUT2D eigenvalue weighted by Gasteiger charge is -2.07. The van der Waals surface area contributed by atoms with Gasteiger partial charge in [0.05, 0.1) is 6.61 Å². The molecule has 0 spiro atoms. The number of hydrogen-bond donors (Lipinski definition) is 7. The largest absolute Gasteiger partial charge is 0.507 e. The first-order valence-corrected chi connectivity index (χ1v) is 9.30. The Balaban J connectivity index is 1.93. The van der Waals surface area contributed by atoms with Gasteiger partial charge in [0, 0.05) is 22.8 Å². The summed E-state index contributed by atoms with van der Waals surface area (Å²) in [6.45, 7) is 1.20. The van der Waals surface area contributed by atoms with E-state index in [1.54, 1.807) is 37.3 Å². The smallest absolute Gasteiger partial charge is 0.163 e. The zero-order valence-electron chi connectivity index (χ0n) is 16.6. The van der Waals surface area contributed by atoms with E-state index in [2.05, 4.69) is 0 Å². The fourth-order valence-electron chi connectivity index (χ4n) is 3.05. The van der Waals surface area contributed by atoms with Crippen molar-refractivity contribution in [3.05, 3.63) is 69.8 Å². The fraction of sp³-hybridized carbons (Fsp3) is 0.0833. The number of hydrogen-bond acceptors (Lipinski definition) is 7. The first kappa shape index (κ1) is 21.6. The Morgan fingerprint density at radius 1 is 0.581 bits per heavy atom. The van der Waals surface area contributed by atoms with Crippen LogP contribution in [0.25, 0.3) is 24.3 Å². The lowest BCUT2D eigenvalue weighted by Crippen LogP contribution is -1.86. The highest BCUT2D eigenvalue weighted by Crippen LogP contribution is 2.34. The van der Waals surface area contributed by atoms with Crippen molar-refractivity contribution in [1.29, 1.82) is 0 Å². The molecule has 7 N–H and O–H groups in total. The minimum absolute atomic E-state index is 0.157. The SMILES string of the molecule is Cc1cc(/C=C/c2cc(/C=C/c3cc(O)c(O)c(CO)c3)c(O)cc2O)cc(O)c1O. The number of phenols is 6. The van der Waals surface area contributed by atoms with Crippen molar-refractivity contribution in [3.63, 3.8) is 0 Å². The summed E-state index contributed by atoms with van der Waals surface area (Å²) in [7, 11) is 0. The average molecular weight is 422 g/mol. The summed E-state index contributed by atoms with van der Waals surface area (Å²) in [5.74, 6) is -1.54. The standard InChI is InChI=1S/C24H22O7/c1-13-6-14(8-21(28)23(13)30)2-4-16-10-17(20(27)11-19(16)26)5-3-15-7-18(12-25)24(31)22(29)9-15/h2-11,25-31H,12H2,1H3/b4-2+,5-3+. The van der Waals surface area contributed by atoms with E-state index in [1.165, 1.54) is 30.3 Å². The van der Waals surface area contributed by atoms with Crippen LogP contribution in [0.2, 0.25) is 0 Å². The molecule has 31 heavy (non-hydrogen) atoms. The van der Waals surface area contributed by atoms with Crippen molar-refractivity contribution in [1.82, 2.24) is 0 Å². The minimum Gasteiger partial charge on any atom is -0.507 e. The second-order valence-corrected chi connectivity index (χ2v) is 7.05. The molecule has 0 fully saturated rings. The van der Waals surface area contributed by atoms with Gasteiger partial charge < -0.3 is 35.7 Å². The first-order valence-electron chi connectivity index (χ1n) is 9.30. The van der Waals surface area contributed by atoms with E-state index < -0.39 is 12.4 Å². The van der Waals surface area contributed by atoms with Gasteiger partial charge in [-0.25, -0.2) is 0 Å². The predicted octanol–water partition coefficient (Wildman–Crippen LogP) is 4.06. The van der Waals surface area contributed by atoms with Gasteiger partial charge in [0.2, 0.25) is 0 Å². The van der Waals surface area contributed by atoms with Crippen molar-refractivity contribution in [2.75, 3.05) is 0 Å². The zero-order valence-corrected chi connectivity index (χ0v) is 16.6. The van der Waals surface area contributed by atoms with Crippen LogP contribution in [-0.2, 0) is 6.61 Å². The molecule has 160 valence electrons. The Labute approximate surface area is 178 Å². The van der Waals surface area contributed by atoms with Crippen molar-refractivity contribution in [3.8, 4) is 34.5 Å². The summed E-state index contributed by atoms with van der Waals surface area (Å²) in [4.78, 5) is 0. The van der Waals surface area contributed by atoms with E-state index in [0.29, 0.717) is 27.8 Å². The molecule has 0 radical (unpaired) electrons. The highest BCUT2D eigenvalue weighted by Gasteiger charge is 2.09. The summed E-state index contributed by atoms with van der Waals surface area (Å²) in [5, 5.41) is 68.4. The van der Waals surface area contributed by atoms with Crippen molar-refractivity contribution < 1.29 is 35.7 Å². The third kappa shape index (κ3) is 4.73. The first-order chi connectivity index (χ1) is 14.7. The van der Waals surface area contributed by atoms with Gasteiger partial charge in [0.15, 0.2) is 23.0 Å². The van der Waals surface area contributed by atoms with Crippen molar-refractivity contribution in [2.24, 2.45) is 0 Å². The molecule has 0 unspecified atom stereocenters. The Bertz CT molecular complexity index is 1170. The maximum Gasteiger partial charge on any atom is 0.163 e. The van der Waals surface area contributed by atoms with E-state index >= 15 is 0 Å². The number of aromatic hydroxyl groups is 6. The second kappa shape index (κ2) is 8.73. The molecule has 3 aromatic rings. The highest BCUT2D eigenvalue weighted by atomic mass is 16.3. The molecule has 0 saturated carbocycles. The van der Waals surface area contributed by atoms with Crippen LogP contribution in [0.1, 0.15) is 33.4 Å². The van der Waals surface area contributed by atoms with Crippen LogP contribution in [0, 0.1) is 6.92 Å². The average Bonchev–Trinajstić information content (AvgIpc) is 2.72. The molecule has 0 aliphatic heterocycles. The summed E-state index contributed by atoms with van der Waals surface area (Å²) >= 11 is 0. The van der Waals surface area contributed by atoms with Gasteiger partial charge >= 0.3 is 0 Å². The monoisotopic (exact) mass is 422 g/mol. The van der Waals surface area contributed by atoms with E-state index in [-0.39, 0.29) is 34.3 Å². The highest BCUT2D eigenvalue weighted by molar-refractivity contribution is 5.79. The Kier molecular flexibility index (Phi) is 6.08. The number of aryl methyl sites for hydroxylation is 1. The normalized spacial score (nSPS) is 11.5. The van der Waals surface area contributed by atoms with Crippen LogP contribution in [0.4, 0.5) is 0 Å². The molecular weight excluding hydrogens is 400 g/mol. The number of benzene rings is 3. The molecular formula is C24H22O7. The van der Waals surface area contributed by atoms with Gasteiger partial charge in [0.25, 0.3) is 0 Å². The Morgan fingerprint density at radius 2 is 1.10 bits per heavy atom. The van der Waals surface area contributed by atoms with Crippen molar-refractivity contribution >= 4 is 24.3 Å². The molecule has 0 amide bonds. The van der Waals surface area contributed by atoms with E-state index in [0.717, 1.165) is 0 Å². The number of rotatable bonds is 5. The summed E-state index contributed by atoms with van der Waals surface area (Å²) in [6.07, 6.45) is 6.35. The molecule has 0 heterocycles. The minimum atomic E-state index is -0.452. The van der Waals surface area contributed by atoms with Gasteiger partial charge in [-0.05, 0) is 53.9 Å². The summed E-state index contributed by atoms with van der Waals surface area (Å²) in [5.41, 5.74) is 2.52. The van der Waals surface area contributed by atoms with Gasteiger partial charge in [0.1, 0.15) is 11.5 Å². The number of phenolic OH excluding ortho intramolecular Hbond substituents is 5. The lowest BCUT2D eigenvalue weighted by molar-refractivity contribution is 0.273. The van der Waals surface area contributed by atoms with E-state index in [1.807, 2.05) is 0 Å². The Hall–Kier alpha value is -4.10. The van der Waals surface area contributed by atoms with Crippen LogP contribution in [0.3, 0.4) is 0 Å². The van der Waals surface area contributed by atoms with Crippen LogP contribution >= 0.6 is 0 Å². The van der Waals surface area contributed by atoms with E-state index in [4.69, 9.17) is 0 Å². The number of aliphatic hydroxyl groups is 1. The maximum atomic E-state index is 10.2. The van der Waals surface area contributed by atoms with Gasteiger partial charge in [-0.15, -0.1) is 0 Å². The predicted molar refractivity (Wildman–Crippen MR) is 118 cm³/mol. The van der Waals surface area contributed by atoms with Crippen LogP contribution in [0.5, 0.6) is 34.5 Å². The third-order valence-corrected chi connectivity index (χ3v) is 4.75. The third-order valence-electron chi connectivity index (χ3n) is 4.75. The molecule has 0 atom stereocenters. The van der Waals surface area contributed by atoms with Gasteiger partial charge in [-0.2, -0.15) is 0 Å². The van der Waals surface area contributed by atoms with E-state index in [9.17, 15) is 35.7 Å². The summed E-state index contributed by atoms with van der Waals surface area (Å²) in [6, 6.07) is 8.57. The fourth-order valence-corrected chi connectivity index (χ4v) is 3.05. The molecule has 3 rings (SSSR count). The van der Waals surface area contributed by atoms with Crippen LogP contribution < -0.4 is 0 Å².